The van der Waals surface area contributed by atoms with Crippen molar-refractivity contribution in [3.63, 3.8) is 0 Å². The Bertz CT molecular complexity index is 505. The molecule has 0 unspecified atom stereocenters. The number of hydrogen-bond acceptors (Lipinski definition) is 2. The third-order valence-corrected chi connectivity index (χ3v) is 4.32. The lowest BCUT2D eigenvalue weighted by Crippen LogP contribution is -2.35. The van der Waals surface area contributed by atoms with E-state index in [9.17, 15) is 9.59 Å². The number of nitrogens with one attached hydrogen (secondary N) is 1. The standard InChI is InChI=1S/C19H28N2O2/c1-2-3-4-6-9-18(22)20-17-12-10-16(11-13-17)19(23)21-14-7-5-8-15-21/h10-13H,2-9,14-15H2,1H3,(H,20,22). The normalized spacial score (nSPS) is 14.6. The molecule has 2 rings (SSSR count). The van der Waals surface area contributed by atoms with E-state index in [1.807, 2.05) is 29.2 Å². The molecule has 0 atom stereocenters. The van der Waals surface area contributed by atoms with Crippen LogP contribution in [0.3, 0.4) is 0 Å². The van der Waals surface area contributed by atoms with Crippen molar-refractivity contribution in [3.8, 4) is 0 Å². The van der Waals surface area contributed by atoms with Crippen LogP contribution in [0.5, 0.6) is 0 Å². The highest BCUT2D eigenvalue weighted by molar-refractivity contribution is 5.95. The zero-order chi connectivity index (χ0) is 16.5. The molecule has 1 aliphatic heterocycles. The second kappa shape index (κ2) is 9.33. The molecule has 1 aliphatic rings. The summed E-state index contributed by atoms with van der Waals surface area (Å²) in [6.07, 6.45) is 8.37. The predicted molar refractivity (Wildman–Crippen MR) is 93.6 cm³/mol. The third kappa shape index (κ3) is 5.70. The molecule has 1 heterocycles. The first kappa shape index (κ1) is 17.5. The molecule has 1 saturated heterocycles. The summed E-state index contributed by atoms with van der Waals surface area (Å²) in [6, 6.07) is 7.26. The Balaban J connectivity index is 1.81. The van der Waals surface area contributed by atoms with E-state index in [0.717, 1.165) is 44.5 Å². The van der Waals surface area contributed by atoms with Gasteiger partial charge in [0.2, 0.25) is 5.91 Å². The van der Waals surface area contributed by atoms with Crippen molar-refractivity contribution in [2.75, 3.05) is 18.4 Å². The SMILES string of the molecule is CCCCCCC(=O)Nc1ccc(C(=O)N2CCCCC2)cc1. The molecule has 1 N–H and O–H groups in total. The van der Waals surface area contributed by atoms with Gasteiger partial charge in [-0.15, -0.1) is 0 Å². The average molecular weight is 316 g/mol. The Labute approximate surface area is 139 Å². The molecule has 126 valence electrons. The van der Waals surface area contributed by atoms with Crippen molar-refractivity contribution in [2.45, 2.75) is 58.3 Å². The van der Waals surface area contributed by atoms with E-state index < -0.39 is 0 Å². The number of carbonyl (C=O) groups excluding carboxylic acids is 2. The van der Waals surface area contributed by atoms with Gasteiger partial charge in [0.05, 0.1) is 0 Å². The van der Waals surface area contributed by atoms with Gasteiger partial charge in [-0.05, 0) is 49.9 Å². The number of hydrogen-bond donors (Lipinski definition) is 1. The fraction of sp³-hybridized carbons (Fsp3) is 0.579. The number of carbonyl (C=O) groups is 2. The van der Waals surface area contributed by atoms with Crippen molar-refractivity contribution in [2.24, 2.45) is 0 Å². The molecule has 23 heavy (non-hydrogen) atoms. The molecule has 0 radical (unpaired) electrons. The molecule has 1 aromatic carbocycles. The molecular formula is C19H28N2O2. The molecule has 0 bridgehead atoms. The lowest BCUT2D eigenvalue weighted by Gasteiger charge is -2.26. The van der Waals surface area contributed by atoms with Crippen LogP contribution < -0.4 is 5.32 Å². The summed E-state index contributed by atoms with van der Waals surface area (Å²) in [5.41, 5.74) is 1.47. The molecule has 2 amide bonds. The van der Waals surface area contributed by atoms with Crippen LogP contribution in [0.1, 0.15) is 68.6 Å². The van der Waals surface area contributed by atoms with Crippen LogP contribution in [0.25, 0.3) is 0 Å². The van der Waals surface area contributed by atoms with Crippen LogP contribution in [0.15, 0.2) is 24.3 Å². The fourth-order valence-electron chi connectivity index (χ4n) is 2.91. The Hall–Kier alpha value is -1.84. The summed E-state index contributed by atoms with van der Waals surface area (Å²) < 4.78 is 0. The molecule has 1 fully saturated rings. The number of unbranched alkanes of at least 4 members (excludes halogenated alkanes) is 3. The average Bonchev–Trinajstić information content (AvgIpc) is 2.59. The van der Waals surface area contributed by atoms with E-state index in [0.29, 0.717) is 12.0 Å². The van der Waals surface area contributed by atoms with Gasteiger partial charge in [-0.2, -0.15) is 0 Å². The van der Waals surface area contributed by atoms with E-state index in [1.54, 1.807) is 0 Å². The van der Waals surface area contributed by atoms with Gasteiger partial charge >= 0.3 is 0 Å². The summed E-state index contributed by atoms with van der Waals surface area (Å²) in [4.78, 5) is 26.2. The summed E-state index contributed by atoms with van der Waals surface area (Å²) in [7, 11) is 0. The number of benzene rings is 1. The van der Waals surface area contributed by atoms with Crippen molar-refractivity contribution in [1.29, 1.82) is 0 Å². The van der Waals surface area contributed by atoms with Gasteiger partial charge in [-0.1, -0.05) is 26.2 Å². The number of amides is 2. The zero-order valence-corrected chi connectivity index (χ0v) is 14.1. The lowest BCUT2D eigenvalue weighted by atomic mass is 10.1. The number of piperidine rings is 1. The summed E-state index contributed by atoms with van der Waals surface area (Å²) >= 11 is 0. The molecule has 0 aromatic heterocycles. The van der Waals surface area contributed by atoms with E-state index in [2.05, 4.69) is 12.2 Å². The van der Waals surface area contributed by atoms with Gasteiger partial charge in [0.25, 0.3) is 5.91 Å². The molecular weight excluding hydrogens is 288 g/mol. The van der Waals surface area contributed by atoms with Crippen molar-refractivity contribution >= 4 is 17.5 Å². The van der Waals surface area contributed by atoms with Crippen molar-refractivity contribution < 1.29 is 9.59 Å². The Morgan fingerprint density at radius 2 is 1.70 bits per heavy atom. The smallest absolute Gasteiger partial charge is 0.253 e. The zero-order valence-electron chi connectivity index (χ0n) is 14.1. The third-order valence-electron chi connectivity index (χ3n) is 4.32. The second-order valence-corrected chi connectivity index (χ2v) is 6.29. The monoisotopic (exact) mass is 316 g/mol. The first-order valence-electron chi connectivity index (χ1n) is 8.90. The quantitative estimate of drug-likeness (QED) is 0.766. The summed E-state index contributed by atoms with van der Waals surface area (Å²) in [5, 5.41) is 2.90. The van der Waals surface area contributed by atoms with Crippen molar-refractivity contribution in [1.82, 2.24) is 4.90 Å². The first-order valence-corrected chi connectivity index (χ1v) is 8.90. The topological polar surface area (TPSA) is 49.4 Å². The van der Waals surface area contributed by atoms with Crippen LogP contribution in [0.2, 0.25) is 0 Å². The summed E-state index contributed by atoms with van der Waals surface area (Å²) in [6.45, 7) is 3.87. The number of rotatable bonds is 7. The van der Waals surface area contributed by atoms with Crippen LogP contribution in [-0.2, 0) is 4.79 Å². The Morgan fingerprint density at radius 1 is 1.00 bits per heavy atom. The minimum atomic E-state index is 0.0520. The maximum Gasteiger partial charge on any atom is 0.253 e. The van der Waals surface area contributed by atoms with Gasteiger partial charge in [-0.25, -0.2) is 0 Å². The molecule has 0 saturated carbocycles. The predicted octanol–water partition coefficient (Wildman–Crippen LogP) is 4.22. The number of nitrogens with zero attached hydrogens (tertiary/aromatic N) is 1. The molecule has 1 aromatic rings. The van der Waals surface area contributed by atoms with Gasteiger partial charge in [0.15, 0.2) is 0 Å². The second-order valence-electron chi connectivity index (χ2n) is 6.29. The number of anilines is 1. The first-order chi connectivity index (χ1) is 11.2. The van der Waals surface area contributed by atoms with E-state index >= 15 is 0 Å². The highest BCUT2D eigenvalue weighted by Crippen LogP contribution is 2.16. The molecule has 0 spiro atoms. The maximum atomic E-state index is 12.4. The summed E-state index contributed by atoms with van der Waals surface area (Å²) in [5.74, 6) is 0.151. The van der Waals surface area contributed by atoms with E-state index in [1.165, 1.54) is 19.3 Å². The Morgan fingerprint density at radius 3 is 2.35 bits per heavy atom. The van der Waals surface area contributed by atoms with E-state index in [-0.39, 0.29) is 11.8 Å². The number of likely N-dealkylation sites (tertiary alicyclic amines) is 1. The van der Waals surface area contributed by atoms with Gasteiger partial charge < -0.3 is 10.2 Å². The van der Waals surface area contributed by atoms with Crippen molar-refractivity contribution in [3.05, 3.63) is 29.8 Å². The van der Waals surface area contributed by atoms with Gasteiger partial charge in [-0.3, -0.25) is 9.59 Å². The molecule has 4 nitrogen and oxygen atoms in total. The minimum Gasteiger partial charge on any atom is -0.339 e. The fourth-order valence-corrected chi connectivity index (χ4v) is 2.91. The molecule has 0 aliphatic carbocycles. The highest BCUT2D eigenvalue weighted by Gasteiger charge is 2.17. The van der Waals surface area contributed by atoms with Gasteiger partial charge in [0.1, 0.15) is 0 Å². The minimum absolute atomic E-state index is 0.0520. The van der Waals surface area contributed by atoms with Crippen LogP contribution in [0, 0.1) is 0 Å². The Kier molecular flexibility index (Phi) is 7.11. The lowest BCUT2D eigenvalue weighted by molar-refractivity contribution is -0.116. The highest BCUT2D eigenvalue weighted by atomic mass is 16.2. The molecule has 4 heteroatoms. The largest absolute Gasteiger partial charge is 0.339 e. The van der Waals surface area contributed by atoms with E-state index in [4.69, 9.17) is 0 Å². The maximum absolute atomic E-state index is 12.4. The van der Waals surface area contributed by atoms with Crippen LogP contribution in [-0.4, -0.2) is 29.8 Å². The van der Waals surface area contributed by atoms with Gasteiger partial charge in [0, 0.05) is 30.8 Å². The van der Waals surface area contributed by atoms with Crippen LogP contribution >= 0.6 is 0 Å². The van der Waals surface area contributed by atoms with Crippen LogP contribution in [0.4, 0.5) is 5.69 Å².